The number of benzene rings is 2. The Morgan fingerprint density at radius 2 is 1.72 bits per heavy atom. The van der Waals surface area contributed by atoms with E-state index in [1.54, 1.807) is 12.1 Å². The molecule has 1 aliphatic heterocycles. The van der Waals surface area contributed by atoms with Crippen molar-refractivity contribution in [2.75, 3.05) is 26.2 Å². The van der Waals surface area contributed by atoms with Crippen molar-refractivity contribution in [2.45, 2.75) is 50.5 Å². The lowest BCUT2D eigenvalue weighted by molar-refractivity contribution is -0.144. The lowest BCUT2D eigenvalue weighted by Gasteiger charge is -2.43. The fourth-order valence-corrected chi connectivity index (χ4v) is 5.49. The van der Waals surface area contributed by atoms with Gasteiger partial charge in [-0.05, 0) is 80.3 Å². The van der Waals surface area contributed by atoms with E-state index in [0.29, 0.717) is 18.5 Å². The van der Waals surface area contributed by atoms with Crippen molar-refractivity contribution in [3.05, 3.63) is 71.5 Å². The molecule has 0 unspecified atom stereocenters. The number of carboxylic acids is 1. The van der Waals surface area contributed by atoms with Crippen LogP contribution < -0.4 is 5.32 Å². The summed E-state index contributed by atoms with van der Waals surface area (Å²) in [4.78, 5) is 14.0. The molecule has 2 atom stereocenters. The highest BCUT2D eigenvalue weighted by molar-refractivity contribution is 5.78. The quantitative estimate of drug-likeness (QED) is 0.609. The van der Waals surface area contributed by atoms with E-state index >= 15 is 0 Å². The molecule has 2 aliphatic carbocycles. The molecule has 4 nitrogen and oxygen atoms in total. The molecule has 2 aromatic rings. The summed E-state index contributed by atoms with van der Waals surface area (Å²) < 4.78 is 13.4. The lowest BCUT2D eigenvalue weighted by atomic mass is 9.73. The zero-order valence-electron chi connectivity index (χ0n) is 18.6. The molecular formula is C27H33FN2O2. The smallest absolute Gasteiger partial charge is 0.310 e. The predicted octanol–water partition coefficient (Wildman–Crippen LogP) is 4.46. The van der Waals surface area contributed by atoms with E-state index in [1.165, 1.54) is 17.5 Å². The first-order valence-electron chi connectivity index (χ1n) is 12.0. The Bertz CT molecular complexity index is 934. The minimum Gasteiger partial charge on any atom is -0.481 e. The monoisotopic (exact) mass is 436 g/mol. The van der Waals surface area contributed by atoms with E-state index < -0.39 is 11.4 Å². The van der Waals surface area contributed by atoms with E-state index in [1.807, 2.05) is 12.1 Å². The Balaban J connectivity index is 1.23. The summed E-state index contributed by atoms with van der Waals surface area (Å²) >= 11 is 0. The first-order chi connectivity index (χ1) is 15.5. The Labute approximate surface area is 189 Å². The number of hydrogen-bond acceptors (Lipinski definition) is 3. The number of carbonyl (C=O) groups is 1. The molecule has 1 heterocycles. The van der Waals surface area contributed by atoms with Crippen LogP contribution in [0.2, 0.25) is 0 Å². The standard InChI is InChI=1S/C27H33FN2O2/c28-22-8-6-20(7-9-22)17-26(18-29-24-16-23(24)21-4-2-1-3-5-21)12-14-30(15-13-26)19-27(10-11-27)25(31)32/h1-9,23-24,29H,10-19H2,(H,31,32)/t23-,24+/m0/s1. The molecule has 0 bridgehead atoms. The van der Waals surface area contributed by atoms with Crippen LogP contribution in [-0.4, -0.2) is 48.2 Å². The highest BCUT2D eigenvalue weighted by Gasteiger charge is 2.52. The third-order valence-electron chi connectivity index (χ3n) is 8.00. The van der Waals surface area contributed by atoms with E-state index in [9.17, 15) is 14.3 Å². The summed E-state index contributed by atoms with van der Waals surface area (Å²) in [7, 11) is 0. The second-order valence-corrected chi connectivity index (χ2v) is 10.4. The van der Waals surface area contributed by atoms with Crippen molar-refractivity contribution in [1.82, 2.24) is 10.2 Å². The lowest BCUT2D eigenvalue weighted by Crippen LogP contribution is -2.48. The number of rotatable bonds is 9. The van der Waals surface area contributed by atoms with Gasteiger partial charge in [0.2, 0.25) is 0 Å². The van der Waals surface area contributed by atoms with Gasteiger partial charge in [-0.15, -0.1) is 0 Å². The molecule has 5 heteroatoms. The maximum absolute atomic E-state index is 13.4. The maximum atomic E-state index is 13.4. The number of hydrogen-bond donors (Lipinski definition) is 2. The molecule has 1 saturated heterocycles. The molecule has 2 aromatic carbocycles. The summed E-state index contributed by atoms with van der Waals surface area (Å²) in [5.74, 6) is -0.227. The van der Waals surface area contributed by atoms with Crippen LogP contribution in [0.25, 0.3) is 0 Å². The molecule has 0 aromatic heterocycles. The summed E-state index contributed by atoms with van der Waals surface area (Å²) in [6.07, 6.45) is 5.81. The second-order valence-electron chi connectivity index (χ2n) is 10.4. The molecule has 0 radical (unpaired) electrons. The van der Waals surface area contributed by atoms with Crippen LogP contribution in [0.15, 0.2) is 54.6 Å². The van der Waals surface area contributed by atoms with E-state index in [0.717, 1.165) is 51.7 Å². The minimum absolute atomic E-state index is 0.123. The Morgan fingerprint density at radius 3 is 2.34 bits per heavy atom. The van der Waals surface area contributed by atoms with Gasteiger partial charge in [-0.2, -0.15) is 0 Å². The minimum atomic E-state index is -0.636. The Hall–Kier alpha value is -2.24. The van der Waals surface area contributed by atoms with Gasteiger partial charge in [0.05, 0.1) is 5.41 Å². The molecular weight excluding hydrogens is 403 g/mol. The van der Waals surface area contributed by atoms with Gasteiger partial charge in [-0.1, -0.05) is 42.5 Å². The largest absolute Gasteiger partial charge is 0.481 e. The van der Waals surface area contributed by atoms with Gasteiger partial charge in [0.15, 0.2) is 0 Å². The van der Waals surface area contributed by atoms with E-state index in [-0.39, 0.29) is 11.2 Å². The van der Waals surface area contributed by atoms with Crippen molar-refractivity contribution in [3.8, 4) is 0 Å². The van der Waals surface area contributed by atoms with E-state index in [4.69, 9.17) is 0 Å². The SMILES string of the molecule is O=C(O)C1(CN2CCC(CN[C@@H]3C[C@H]3c3ccccc3)(Cc3ccc(F)cc3)CC2)CC1. The average Bonchev–Trinajstić information content (AvgIpc) is 3.72. The van der Waals surface area contributed by atoms with Gasteiger partial charge in [0.1, 0.15) is 5.82 Å². The van der Waals surface area contributed by atoms with Crippen LogP contribution >= 0.6 is 0 Å². The van der Waals surface area contributed by atoms with Crippen LogP contribution in [0.1, 0.15) is 49.1 Å². The van der Waals surface area contributed by atoms with E-state index in [2.05, 4.69) is 40.5 Å². The van der Waals surface area contributed by atoms with Crippen molar-refractivity contribution >= 4 is 5.97 Å². The molecule has 3 fully saturated rings. The van der Waals surface area contributed by atoms with Crippen molar-refractivity contribution < 1.29 is 14.3 Å². The third kappa shape index (κ3) is 4.74. The Morgan fingerprint density at radius 1 is 1.03 bits per heavy atom. The summed E-state index contributed by atoms with van der Waals surface area (Å²) in [5.41, 5.74) is 2.22. The highest BCUT2D eigenvalue weighted by Crippen LogP contribution is 2.48. The van der Waals surface area contributed by atoms with Gasteiger partial charge in [-0.3, -0.25) is 4.79 Å². The molecule has 2 N–H and O–H groups in total. The number of piperidine rings is 1. The number of nitrogens with one attached hydrogen (secondary N) is 1. The third-order valence-corrected chi connectivity index (χ3v) is 8.00. The van der Waals surface area contributed by atoms with Crippen LogP contribution in [0, 0.1) is 16.6 Å². The van der Waals surface area contributed by atoms with Gasteiger partial charge in [0, 0.05) is 25.0 Å². The normalized spacial score (nSPS) is 25.9. The van der Waals surface area contributed by atoms with Gasteiger partial charge < -0.3 is 15.3 Å². The number of likely N-dealkylation sites (tertiary alicyclic amines) is 1. The van der Waals surface area contributed by atoms with Crippen molar-refractivity contribution in [3.63, 3.8) is 0 Å². The molecule has 5 rings (SSSR count). The predicted molar refractivity (Wildman–Crippen MR) is 123 cm³/mol. The number of aliphatic carboxylic acids is 1. The number of nitrogens with zero attached hydrogens (tertiary/aromatic N) is 1. The maximum Gasteiger partial charge on any atom is 0.310 e. The van der Waals surface area contributed by atoms with Crippen molar-refractivity contribution in [1.29, 1.82) is 0 Å². The molecule has 2 saturated carbocycles. The molecule has 3 aliphatic rings. The molecule has 0 amide bonds. The number of carboxylic acid groups (broad SMARTS) is 1. The molecule has 32 heavy (non-hydrogen) atoms. The molecule has 170 valence electrons. The summed E-state index contributed by atoms with van der Waals surface area (Å²) in [6.45, 7) is 3.51. The summed E-state index contributed by atoms with van der Waals surface area (Å²) in [5, 5.41) is 13.4. The van der Waals surface area contributed by atoms with Crippen LogP contribution in [0.5, 0.6) is 0 Å². The highest BCUT2D eigenvalue weighted by atomic mass is 19.1. The zero-order valence-corrected chi connectivity index (χ0v) is 18.6. The van der Waals surface area contributed by atoms with Gasteiger partial charge in [0.25, 0.3) is 0 Å². The first kappa shape index (κ1) is 21.6. The van der Waals surface area contributed by atoms with Crippen molar-refractivity contribution in [2.24, 2.45) is 10.8 Å². The second kappa shape index (κ2) is 8.60. The van der Waals surface area contributed by atoms with Crippen LogP contribution in [0.4, 0.5) is 4.39 Å². The zero-order chi connectivity index (χ0) is 22.2. The molecule has 0 spiro atoms. The topological polar surface area (TPSA) is 52.6 Å². The number of halogens is 1. The van der Waals surface area contributed by atoms with Crippen LogP contribution in [-0.2, 0) is 11.2 Å². The van der Waals surface area contributed by atoms with Crippen LogP contribution in [0.3, 0.4) is 0 Å². The van der Waals surface area contributed by atoms with Gasteiger partial charge >= 0.3 is 5.97 Å². The summed E-state index contributed by atoms with van der Waals surface area (Å²) in [6, 6.07) is 18.2. The first-order valence-corrected chi connectivity index (χ1v) is 12.0. The fourth-order valence-electron chi connectivity index (χ4n) is 5.49. The van der Waals surface area contributed by atoms with Gasteiger partial charge in [-0.25, -0.2) is 4.39 Å². The average molecular weight is 437 g/mol. The Kier molecular flexibility index (Phi) is 5.81. The fraction of sp³-hybridized carbons (Fsp3) is 0.519.